The van der Waals surface area contributed by atoms with E-state index in [1.54, 1.807) is 0 Å². The molecule has 3 rings (SSSR count). The van der Waals surface area contributed by atoms with E-state index in [4.69, 9.17) is 11.6 Å². The number of amides is 1. The second-order valence-corrected chi connectivity index (χ2v) is 7.57. The fourth-order valence-corrected chi connectivity index (χ4v) is 4.27. The number of rotatable bonds is 3. The highest BCUT2D eigenvalue weighted by molar-refractivity contribution is 7.20. The van der Waals surface area contributed by atoms with Crippen LogP contribution in [0.2, 0.25) is 4.34 Å². The summed E-state index contributed by atoms with van der Waals surface area (Å²) in [5.74, 6) is -0.229. The van der Waals surface area contributed by atoms with Crippen molar-refractivity contribution in [1.82, 2.24) is 4.98 Å². The van der Waals surface area contributed by atoms with Crippen molar-refractivity contribution in [3.05, 3.63) is 21.8 Å². The first-order valence-electron chi connectivity index (χ1n) is 6.57. The Morgan fingerprint density at radius 2 is 2.19 bits per heavy atom. The van der Waals surface area contributed by atoms with Crippen LogP contribution in [0.25, 0.3) is 10.6 Å². The summed E-state index contributed by atoms with van der Waals surface area (Å²) in [6.07, 6.45) is 3.12. The molecule has 2 aromatic rings. The molecular weight excluding hydrogens is 326 g/mol. The molecule has 0 aliphatic heterocycles. The number of carbonyl (C=O) groups excluding carboxylic acids is 1. The Bertz CT molecular complexity index is 710. The van der Waals surface area contributed by atoms with Gasteiger partial charge in [-0.25, -0.2) is 4.98 Å². The molecule has 1 saturated carbocycles. The van der Waals surface area contributed by atoms with Gasteiger partial charge in [-0.1, -0.05) is 24.4 Å². The summed E-state index contributed by atoms with van der Waals surface area (Å²) < 4.78 is 0.706. The van der Waals surface area contributed by atoms with E-state index in [0.29, 0.717) is 22.3 Å². The third-order valence-corrected chi connectivity index (χ3v) is 5.67. The Labute approximate surface area is 135 Å². The third-order valence-electron chi connectivity index (χ3n) is 3.66. The van der Waals surface area contributed by atoms with Gasteiger partial charge in [-0.15, -0.1) is 22.7 Å². The second kappa shape index (κ2) is 5.76. The van der Waals surface area contributed by atoms with Crippen molar-refractivity contribution in [3.8, 4) is 16.6 Å². The lowest BCUT2D eigenvalue weighted by Gasteiger charge is -2.17. The van der Waals surface area contributed by atoms with E-state index in [1.807, 2.05) is 17.5 Å². The number of nitriles is 1. The summed E-state index contributed by atoms with van der Waals surface area (Å²) in [7, 11) is 0. The van der Waals surface area contributed by atoms with E-state index < -0.39 is 5.41 Å². The van der Waals surface area contributed by atoms with Gasteiger partial charge in [0.15, 0.2) is 5.13 Å². The van der Waals surface area contributed by atoms with Crippen molar-refractivity contribution in [2.45, 2.75) is 25.7 Å². The first-order valence-corrected chi connectivity index (χ1v) is 8.64. The van der Waals surface area contributed by atoms with Crippen LogP contribution in [0.4, 0.5) is 5.13 Å². The van der Waals surface area contributed by atoms with Crippen molar-refractivity contribution in [2.75, 3.05) is 5.32 Å². The van der Waals surface area contributed by atoms with Gasteiger partial charge in [0, 0.05) is 5.38 Å². The van der Waals surface area contributed by atoms with Crippen LogP contribution in [0.3, 0.4) is 0 Å². The van der Waals surface area contributed by atoms with Gasteiger partial charge in [-0.3, -0.25) is 4.79 Å². The molecule has 7 heteroatoms. The van der Waals surface area contributed by atoms with Gasteiger partial charge in [0.1, 0.15) is 5.41 Å². The molecular formula is C14H12ClN3OS2. The highest BCUT2D eigenvalue weighted by Crippen LogP contribution is 2.39. The first-order chi connectivity index (χ1) is 10.1. The van der Waals surface area contributed by atoms with Crippen molar-refractivity contribution in [3.63, 3.8) is 0 Å². The monoisotopic (exact) mass is 337 g/mol. The van der Waals surface area contributed by atoms with Gasteiger partial charge in [-0.05, 0) is 25.0 Å². The smallest absolute Gasteiger partial charge is 0.246 e. The van der Waals surface area contributed by atoms with Crippen molar-refractivity contribution in [1.29, 1.82) is 5.26 Å². The van der Waals surface area contributed by atoms with Crippen LogP contribution in [0.5, 0.6) is 0 Å². The Kier molecular flexibility index (Phi) is 3.98. The molecule has 1 aliphatic carbocycles. The fraction of sp³-hybridized carbons (Fsp3) is 0.357. The zero-order valence-electron chi connectivity index (χ0n) is 11.1. The number of aromatic nitrogens is 1. The molecule has 0 spiro atoms. The molecule has 2 heterocycles. The number of nitrogens with one attached hydrogen (secondary N) is 1. The second-order valence-electron chi connectivity index (χ2n) is 5.00. The van der Waals surface area contributed by atoms with Crippen molar-refractivity contribution in [2.24, 2.45) is 5.41 Å². The van der Waals surface area contributed by atoms with Crippen LogP contribution in [0, 0.1) is 16.7 Å². The highest BCUT2D eigenvalue weighted by Gasteiger charge is 2.41. The van der Waals surface area contributed by atoms with E-state index in [9.17, 15) is 10.1 Å². The molecule has 0 unspecified atom stereocenters. The van der Waals surface area contributed by atoms with E-state index in [1.165, 1.54) is 22.7 Å². The molecule has 0 saturated heterocycles. The lowest BCUT2D eigenvalue weighted by Crippen LogP contribution is -2.32. The maximum atomic E-state index is 12.3. The Morgan fingerprint density at radius 1 is 1.43 bits per heavy atom. The van der Waals surface area contributed by atoms with E-state index >= 15 is 0 Å². The number of anilines is 1. The summed E-state index contributed by atoms with van der Waals surface area (Å²) in [5, 5.41) is 14.5. The Morgan fingerprint density at radius 3 is 2.81 bits per heavy atom. The van der Waals surface area contributed by atoms with Crippen LogP contribution in [0.15, 0.2) is 17.5 Å². The summed E-state index contributed by atoms with van der Waals surface area (Å²) in [5.41, 5.74) is -0.0810. The van der Waals surface area contributed by atoms with Crippen molar-refractivity contribution < 1.29 is 4.79 Å². The van der Waals surface area contributed by atoms with Crippen LogP contribution in [-0.4, -0.2) is 10.9 Å². The van der Waals surface area contributed by atoms with Crippen LogP contribution < -0.4 is 5.32 Å². The minimum absolute atomic E-state index is 0.229. The predicted molar refractivity (Wildman–Crippen MR) is 85.6 cm³/mol. The lowest BCUT2D eigenvalue weighted by molar-refractivity contribution is -0.122. The number of hydrogen-bond acceptors (Lipinski definition) is 5. The van der Waals surface area contributed by atoms with E-state index in [0.717, 1.165) is 23.4 Å². The zero-order chi connectivity index (χ0) is 14.9. The molecule has 1 fully saturated rings. The number of hydrogen-bond donors (Lipinski definition) is 1. The van der Waals surface area contributed by atoms with Gasteiger partial charge in [0.2, 0.25) is 5.91 Å². The molecule has 4 nitrogen and oxygen atoms in total. The maximum Gasteiger partial charge on any atom is 0.246 e. The molecule has 1 amide bonds. The summed E-state index contributed by atoms with van der Waals surface area (Å²) >= 11 is 8.72. The predicted octanol–water partition coefficient (Wildman–Crippen LogP) is 4.55. The summed E-state index contributed by atoms with van der Waals surface area (Å²) in [4.78, 5) is 17.7. The SMILES string of the molecule is N#CC1(C(=O)Nc2nc(-c3ccc(Cl)s3)cs2)CCCC1. The Balaban J connectivity index is 1.76. The average molecular weight is 338 g/mol. The summed E-state index contributed by atoms with van der Waals surface area (Å²) in [6.45, 7) is 0. The molecule has 0 aromatic carbocycles. The van der Waals surface area contributed by atoms with Gasteiger partial charge in [-0.2, -0.15) is 5.26 Å². The third kappa shape index (κ3) is 2.82. The molecule has 108 valence electrons. The molecule has 1 N–H and O–H groups in total. The topological polar surface area (TPSA) is 65.8 Å². The molecule has 0 bridgehead atoms. The lowest BCUT2D eigenvalue weighted by atomic mass is 9.87. The minimum atomic E-state index is -0.877. The van der Waals surface area contributed by atoms with Crippen LogP contribution >= 0.6 is 34.3 Å². The molecule has 21 heavy (non-hydrogen) atoms. The van der Waals surface area contributed by atoms with E-state index in [2.05, 4.69) is 16.4 Å². The van der Waals surface area contributed by atoms with Crippen molar-refractivity contribution >= 4 is 45.3 Å². The molecule has 2 aromatic heterocycles. The number of halogens is 1. The summed E-state index contributed by atoms with van der Waals surface area (Å²) in [6, 6.07) is 5.91. The standard InChI is InChI=1S/C14H12ClN3OS2/c15-11-4-3-10(21-11)9-7-20-13(17-9)18-12(19)14(8-16)5-1-2-6-14/h3-4,7H,1-2,5-6H2,(H,17,18,19). The maximum absolute atomic E-state index is 12.3. The van der Waals surface area contributed by atoms with E-state index in [-0.39, 0.29) is 5.91 Å². The molecule has 0 atom stereocenters. The minimum Gasteiger partial charge on any atom is -0.301 e. The van der Waals surface area contributed by atoms with Gasteiger partial charge in [0.05, 0.1) is 21.0 Å². The average Bonchev–Trinajstić information content (AvgIpc) is 3.18. The number of nitrogens with zero attached hydrogens (tertiary/aromatic N) is 2. The normalized spacial score (nSPS) is 16.6. The largest absolute Gasteiger partial charge is 0.301 e. The Hall–Kier alpha value is -1.42. The quantitative estimate of drug-likeness (QED) is 0.893. The van der Waals surface area contributed by atoms with Crippen LogP contribution in [-0.2, 0) is 4.79 Å². The number of carbonyl (C=O) groups is 1. The number of thiophene rings is 1. The van der Waals surface area contributed by atoms with Gasteiger partial charge in [0.25, 0.3) is 0 Å². The zero-order valence-corrected chi connectivity index (χ0v) is 13.4. The molecule has 1 aliphatic rings. The highest BCUT2D eigenvalue weighted by atomic mass is 35.5. The number of thiazole rings is 1. The first kappa shape index (κ1) is 14.5. The van der Waals surface area contributed by atoms with Crippen LogP contribution in [0.1, 0.15) is 25.7 Å². The molecule has 0 radical (unpaired) electrons. The fourth-order valence-electron chi connectivity index (χ4n) is 2.48. The van der Waals surface area contributed by atoms with Gasteiger partial charge >= 0.3 is 0 Å². The van der Waals surface area contributed by atoms with Gasteiger partial charge < -0.3 is 5.32 Å².